The summed E-state index contributed by atoms with van der Waals surface area (Å²) >= 11 is 0. The highest BCUT2D eigenvalue weighted by molar-refractivity contribution is 4.95. The first-order valence-electron chi connectivity index (χ1n) is 8.36. The molecule has 0 saturated heterocycles. The molecule has 1 rings (SSSR count). The fourth-order valence-corrected chi connectivity index (χ4v) is 2.61. The Kier molecular flexibility index (Phi) is 9.22. The van der Waals surface area contributed by atoms with Crippen LogP contribution in [0.4, 0.5) is 0 Å². The van der Waals surface area contributed by atoms with Crippen molar-refractivity contribution in [3.8, 4) is 0 Å². The third-order valence-electron chi connectivity index (χ3n) is 3.85. The minimum Gasteiger partial charge on any atom is -0.370 e. The van der Waals surface area contributed by atoms with E-state index in [0.717, 1.165) is 0 Å². The van der Waals surface area contributed by atoms with Gasteiger partial charge in [0.1, 0.15) is 0 Å². The van der Waals surface area contributed by atoms with E-state index >= 15 is 0 Å². The molecule has 0 spiro atoms. The topological polar surface area (TPSA) is 41.3 Å². The number of allylic oxidation sites excluding steroid dienone is 2. The van der Waals surface area contributed by atoms with Crippen LogP contribution in [0.25, 0.3) is 0 Å². The Balaban J connectivity index is 1.95. The molecule has 0 aliphatic carbocycles. The second kappa shape index (κ2) is 10.8. The van der Waals surface area contributed by atoms with E-state index < -0.39 is 0 Å². The van der Waals surface area contributed by atoms with Gasteiger partial charge in [-0.3, -0.25) is 0 Å². The lowest BCUT2D eigenvalue weighted by molar-refractivity contribution is 0.208. The fourth-order valence-electron chi connectivity index (χ4n) is 2.61. The van der Waals surface area contributed by atoms with Gasteiger partial charge in [-0.25, -0.2) is 0 Å². The summed E-state index contributed by atoms with van der Waals surface area (Å²) in [7, 11) is 0. The summed E-state index contributed by atoms with van der Waals surface area (Å²) in [5.41, 5.74) is 5.93. The summed E-state index contributed by atoms with van der Waals surface area (Å²) in [4.78, 5) is 2.20. The molecule has 1 heterocycles. The Bertz CT molecular complexity index is 284. The van der Waals surface area contributed by atoms with Crippen LogP contribution in [-0.4, -0.2) is 17.2 Å². The summed E-state index contributed by atoms with van der Waals surface area (Å²) in [6, 6.07) is 0. The summed E-state index contributed by atoms with van der Waals surface area (Å²) < 4.78 is 0. The second-order valence-electron chi connectivity index (χ2n) is 5.79. The highest BCUT2D eigenvalue weighted by Crippen LogP contribution is 2.14. The quantitative estimate of drug-likeness (QED) is 0.442. The van der Waals surface area contributed by atoms with Crippen LogP contribution in [0.15, 0.2) is 24.6 Å². The lowest BCUT2D eigenvalue weighted by Crippen LogP contribution is -2.44. The van der Waals surface area contributed by atoms with Gasteiger partial charge in [0.05, 0.1) is 12.3 Å². The molecule has 0 amide bonds. The predicted molar refractivity (Wildman–Crippen MR) is 87.9 cm³/mol. The molecular formula is C17H33N3. The van der Waals surface area contributed by atoms with Crippen molar-refractivity contribution in [1.82, 2.24) is 10.2 Å². The van der Waals surface area contributed by atoms with E-state index in [9.17, 15) is 0 Å². The van der Waals surface area contributed by atoms with Crippen molar-refractivity contribution >= 4 is 0 Å². The van der Waals surface area contributed by atoms with Gasteiger partial charge in [0.2, 0.25) is 0 Å². The maximum Gasteiger partial charge on any atom is 0.0995 e. The average Bonchev–Trinajstić information content (AvgIpc) is 2.89. The van der Waals surface area contributed by atoms with Gasteiger partial charge in [-0.1, -0.05) is 38.3 Å². The highest BCUT2D eigenvalue weighted by Gasteiger charge is 2.19. The van der Waals surface area contributed by atoms with Crippen molar-refractivity contribution in [2.24, 2.45) is 5.73 Å². The molecule has 116 valence electrons. The molecular weight excluding hydrogens is 246 g/mol. The number of hydrogen-bond acceptors (Lipinski definition) is 3. The smallest absolute Gasteiger partial charge is 0.0995 e. The fraction of sp³-hybridized carbons (Fsp3) is 0.765. The third-order valence-corrected chi connectivity index (χ3v) is 3.85. The number of nitrogens with one attached hydrogen (secondary N) is 1. The second-order valence-corrected chi connectivity index (χ2v) is 5.79. The molecule has 2 unspecified atom stereocenters. The molecule has 1 aliphatic rings. The van der Waals surface area contributed by atoms with Gasteiger partial charge in [-0.2, -0.15) is 0 Å². The molecule has 0 radical (unpaired) electrons. The summed E-state index contributed by atoms with van der Waals surface area (Å²) in [5, 5.41) is 3.37. The minimum absolute atomic E-state index is 0.0919. The van der Waals surface area contributed by atoms with Gasteiger partial charge in [0.15, 0.2) is 0 Å². The van der Waals surface area contributed by atoms with Gasteiger partial charge in [-0.05, 0) is 45.4 Å². The number of unbranched alkanes of at least 4 members (excludes halogenated alkanes) is 6. The van der Waals surface area contributed by atoms with E-state index in [-0.39, 0.29) is 6.17 Å². The normalized spacial score (nSPS) is 19.8. The first-order valence-corrected chi connectivity index (χ1v) is 8.36. The molecule has 2 atom stereocenters. The van der Waals surface area contributed by atoms with Crippen LogP contribution in [0.3, 0.4) is 0 Å². The first-order chi connectivity index (χ1) is 9.75. The van der Waals surface area contributed by atoms with Crippen molar-refractivity contribution in [3.05, 3.63) is 24.6 Å². The zero-order valence-electron chi connectivity index (χ0n) is 13.4. The molecule has 0 saturated carbocycles. The number of nitrogens with two attached hydrogens (primary N) is 1. The number of hydrogen-bond donors (Lipinski definition) is 2. The van der Waals surface area contributed by atoms with Crippen LogP contribution < -0.4 is 11.1 Å². The largest absolute Gasteiger partial charge is 0.370 e. The summed E-state index contributed by atoms with van der Waals surface area (Å²) in [6.07, 6.45) is 20.9. The predicted octanol–water partition coefficient (Wildman–Crippen LogP) is 4.08. The highest BCUT2D eigenvalue weighted by atomic mass is 15.3. The van der Waals surface area contributed by atoms with Crippen molar-refractivity contribution < 1.29 is 0 Å². The maximum atomic E-state index is 5.93. The maximum absolute atomic E-state index is 5.93. The molecule has 0 fully saturated rings. The molecule has 3 heteroatoms. The number of rotatable bonds is 11. The van der Waals surface area contributed by atoms with Crippen LogP contribution in [0.2, 0.25) is 0 Å². The third kappa shape index (κ3) is 6.99. The molecule has 0 aromatic carbocycles. The van der Waals surface area contributed by atoms with Crippen LogP contribution in [-0.2, 0) is 0 Å². The van der Waals surface area contributed by atoms with Crippen LogP contribution in [0.5, 0.6) is 0 Å². The summed E-state index contributed by atoms with van der Waals surface area (Å²) in [6.45, 7) is 4.29. The van der Waals surface area contributed by atoms with Crippen LogP contribution in [0, 0.1) is 0 Å². The number of nitrogens with zero attached hydrogens (tertiary/aromatic N) is 1. The Labute approximate surface area is 125 Å². The molecule has 1 aliphatic heterocycles. The van der Waals surface area contributed by atoms with Crippen molar-refractivity contribution in [1.29, 1.82) is 0 Å². The van der Waals surface area contributed by atoms with E-state index in [2.05, 4.69) is 35.5 Å². The Morgan fingerprint density at radius 1 is 1.15 bits per heavy atom. The van der Waals surface area contributed by atoms with Gasteiger partial charge in [0, 0.05) is 12.4 Å². The SMILES string of the molecule is CCCCCC/C=C/CCCCC1NC=CN1C(C)N. The van der Waals surface area contributed by atoms with Crippen molar-refractivity contribution in [2.45, 2.75) is 84.0 Å². The monoisotopic (exact) mass is 279 g/mol. The minimum atomic E-state index is 0.0919. The Morgan fingerprint density at radius 3 is 2.50 bits per heavy atom. The molecule has 3 nitrogen and oxygen atoms in total. The molecule has 0 bridgehead atoms. The first kappa shape index (κ1) is 17.1. The van der Waals surface area contributed by atoms with Gasteiger partial charge in [-0.15, -0.1) is 0 Å². The average molecular weight is 279 g/mol. The Hall–Kier alpha value is -0.960. The molecule has 20 heavy (non-hydrogen) atoms. The lowest BCUT2D eigenvalue weighted by atomic mass is 10.1. The summed E-state index contributed by atoms with van der Waals surface area (Å²) in [5.74, 6) is 0. The van der Waals surface area contributed by atoms with Gasteiger partial charge >= 0.3 is 0 Å². The lowest BCUT2D eigenvalue weighted by Gasteiger charge is -2.28. The van der Waals surface area contributed by atoms with Gasteiger partial charge in [0.25, 0.3) is 0 Å². The molecule has 0 aromatic heterocycles. The van der Waals surface area contributed by atoms with Crippen molar-refractivity contribution in [2.75, 3.05) is 0 Å². The van der Waals surface area contributed by atoms with Gasteiger partial charge < -0.3 is 16.0 Å². The molecule has 3 N–H and O–H groups in total. The van der Waals surface area contributed by atoms with Crippen LogP contribution in [0.1, 0.15) is 71.6 Å². The molecule has 0 aromatic rings. The van der Waals surface area contributed by atoms with E-state index in [1.807, 2.05) is 13.1 Å². The van der Waals surface area contributed by atoms with E-state index in [0.29, 0.717) is 6.17 Å². The Morgan fingerprint density at radius 2 is 1.85 bits per heavy atom. The zero-order chi connectivity index (χ0) is 14.6. The van der Waals surface area contributed by atoms with E-state index in [4.69, 9.17) is 5.73 Å². The standard InChI is InChI=1S/C17H33N3/c1-3-4-5-6-7-8-9-10-11-12-13-17-19-14-15-20(17)16(2)18/h8-9,14-17,19H,3-7,10-13,18H2,1-2H3/b9-8+. The zero-order valence-corrected chi connectivity index (χ0v) is 13.4. The van der Waals surface area contributed by atoms with E-state index in [1.54, 1.807) is 0 Å². The van der Waals surface area contributed by atoms with E-state index in [1.165, 1.54) is 57.8 Å². The van der Waals surface area contributed by atoms with Crippen molar-refractivity contribution in [3.63, 3.8) is 0 Å². The van der Waals surface area contributed by atoms with Crippen LogP contribution >= 0.6 is 0 Å².